The van der Waals surface area contributed by atoms with Crippen LogP contribution in [0.1, 0.15) is 19.3 Å². The number of anilines is 1. The number of carbonyl (C=O) groups is 1. The maximum atomic E-state index is 12.1. The van der Waals surface area contributed by atoms with Crippen LogP contribution < -0.4 is 10.1 Å². The van der Waals surface area contributed by atoms with Gasteiger partial charge in [0.1, 0.15) is 5.75 Å². The summed E-state index contributed by atoms with van der Waals surface area (Å²) in [4.78, 5) is 11.5. The second-order valence-corrected chi connectivity index (χ2v) is 4.78. The first-order valence-corrected chi connectivity index (χ1v) is 6.57. The summed E-state index contributed by atoms with van der Waals surface area (Å²) in [5, 5.41) is 11.1. The summed E-state index contributed by atoms with van der Waals surface area (Å²) in [6.07, 6.45) is -3.47. The first-order chi connectivity index (χ1) is 9.31. The van der Waals surface area contributed by atoms with E-state index in [9.17, 15) is 18.0 Å². The molecule has 2 N–H and O–H groups in total. The van der Waals surface area contributed by atoms with Gasteiger partial charge >= 0.3 is 6.36 Å². The van der Waals surface area contributed by atoms with Gasteiger partial charge in [-0.05, 0) is 47.0 Å². The highest BCUT2D eigenvalue weighted by atomic mass is 79.9. The zero-order chi connectivity index (χ0) is 15.2. The van der Waals surface area contributed by atoms with E-state index in [2.05, 4.69) is 26.0 Å². The second-order valence-electron chi connectivity index (χ2n) is 3.92. The van der Waals surface area contributed by atoms with Crippen molar-refractivity contribution in [3.8, 4) is 5.75 Å². The smallest absolute Gasteiger partial charge is 0.405 e. The fourth-order valence-electron chi connectivity index (χ4n) is 1.41. The topological polar surface area (TPSA) is 58.6 Å². The number of unbranched alkanes of at least 4 members (excludes halogenated alkanes) is 1. The number of aliphatic hydroxyl groups is 1. The molecule has 1 aromatic rings. The minimum atomic E-state index is -4.77. The number of alkyl halides is 3. The largest absolute Gasteiger partial charge is 0.573 e. The van der Waals surface area contributed by atoms with Crippen molar-refractivity contribution in [3.05, 3.63) is 22.7 Å². The van der Waals surface area contributed by atoms with E-state index >= 15 is 0 Å². The van der Waals surface area contributed by atoms with Crippen molar-refractivity contribution < 1.29 is 27.8 Å². The molecule has 8 heteroatoms. The van der Waals surface area contributed by atoms with Gasteiger partial charge in [0.25, 0.3) is 0 Å². The number of rotatable bonds is 6. The van der Waals surface area contributed by atoms with Crippen molar-refractivity contribution in [2.24, 2.45) is 0 Å². The van der Waals surface area contributed by atoms with E-state index in [1.807, 2.05) is 0 Å². The molecule has 0 atom stereocenters. The average molecular weight is 356 g/mol. The third-order valence-electron chi connectivity index (χ3n) is 2.25. The zero-order valence-corrected chi connectivity index (χ0v) is 11.9. The van der Waals surface area contributed by atoms with Gasteiger partial charge in [-0.3, -0.25) is 4.79 Å². The molecule has 0 spiro atoms. The number of hydrogen-bond donors (Lipinski definition) is 2. The van der Waals surface area contributed by atoms with Gasteiger partial charge in [-0.25, -0.2) is 0 Å². The molecule has 0 saturated heterocycles. The lowest BCUT2D eigenvalue weighted by molar-refractivity contribution is -0.274. The average Bonchev–Trinajstić information content (AvgIpc) is 2.31. The molecule has 1 aromatic carbocycles. The van der Waals surface area contributed by atoms with Crippen LogP contribution in [0.2, 0.25) is 0 Å². The predicted molar refractivity (Wildman–Crippen MR) is 70.4 cm³/mol. The summed E-state index contributed by atoms with van der Waals surface area (Å²) >= 11 is 2.94. The Labute approximate surface area is 122 Å². The molecule has 0 fully saturated rings. The molecular weight excluding hydrogens is 343 g/mol. The van der Waals surface area contributed by atoms with Crippen LogP contribution in [-0.4, -0.2) is 24.0 Å². The number of nitrogens with one attached hydrogen (secondary N) is 1. The Kier molecular flexibility index (Phi) is 6.28. The fraction of sp³-hybridized carbons (Fsp3) is 0.417. The van der Waals surface area contributed by atoms with Crippen molar-refractivity contribution in [2.75, 3.05) is 11.9 Å². The standard InChI is InChI=1S/C12H13BrF3NO3/c13-9-7-8(17-11(19)3-1-2-6-18)4-5-10(9)20-12(14,15)16/h4-5,7,18H,1-3,6H2,(H,17,19). The Morgan fingerprint density at radius 2 is 2.05 bits per heavy atom. The van der Waals surface area contributed by atoms with Crippen LogP contribution in [0.4, 0.5) is 18.9 Å². The third-order valence-corrected chi connectivity index (χ3v) is 2.87. The molecule has 0 bridgehead atoms. The number of amides is 1. The summed E-state index contributed by atoms with van der Waals surface area (Å²) in [5.41, 5.74) is 0.361. The minimum Gasteiger partial charge on any atom is -0.405 e. The highest BCUT2D eigenvalue weighted by Gasteiger charge is 2.31. The SMILES string of the molecule is O=C(CCCCO)Nc1ccc(OC(F)(F)F)c(Br)c1. The van der Waals surface area contributed by atoms with Gasteiger partial charge in [-0.2, -0.15) is 0 Å². The molecule has 0 unspecified atom stereocenters. The first kappa shape index (κ1) is 16.8. The summed E-state index contributed by atoms with van der Waals surface area (Å²) in [7, 11) is 0. The number of ether oxygens (including phenoxy) is 1. The summed E-state index contributed by atoms with van der Waals surface area (Å²) in [6.45, 7) is 0.0162. The van der Waals surface area contributed by atoms with Crippen molar-refractivity contribution in [2.45, 2.75) is 25.6 Å². The van der Waals surface area contributed by atoms with Gasteiger partial charge in [0, 0.05) is 18.7 Å². The van der Waals surface area contributed by atoms with E-state index < -0.39 is 6.36 Å². The monoisotopic (exact) mass is 355 g/mol. The molecule has 0 radical (unpaired) electrons. The number of aliphatic hydroxyl groups excluding tert-OH is 1. The van der Waals surface area contributed by atoms with E-state index in [-0.39, 0.29) is 29.2 Å². The molecular formula is C12H13BrF3NO3. The summed E-state index contributed by atoms with van der Waals surface area (Å²) in [5.74, 6) is -0.648. The summed E-state index contributed by atoms with van der Waals surface area (Å²) < 4.78 is 40.1. The van der Waals surface area contributed by atoms with Gasteiger partial charge in [0.15, 0.2) is 0 Å². The lowest BCUT2D eigenvalue weighted by Crippen LogP contribution is -2.17. The lowest BCUT2D eigenvalue weighted by Gasteiger charge is -2.12. The van der Waals surface area contributed by atoms with Crippen molar-refractivity contribution in [1.82, 2.24) is 0 Å². The molecule has 1 rings (SSSR count). The molecule has 0 aliphatic heterocycles. The van der Waals surface area contributed by atoms with E-state index in [1.165, 1.54) is 12.1 Å². The molecule has 0 aromatic heterocycles. The molecule has 0 saturated carbocycles. The number of carbonyl (C=O) groups excluding carboxylic acids is 1. The van der Waals surface area contributed by atoms with Gasteiger partial charge in [-0.15, -0.1) is 13.2 Å². The van der Waals surface area contributed by atoms with Crippen LogP contribution in [0.25, 0.3) is 0 Å². The Morgan fingerprint density at radius 1 is 1.35 bits per heavy atom. The van der Waals surface area contributed by atoms with Crippen LogP contribution in [0.5, 0.6) is 5.75 Å². The molecule has 20 heavy (non-hydrogen) atoms. The predicted octanol–water partition coefficient (Wildman–Crippen LogP) is 3.45. The molecule has 4 nitrogen and oxygen atoms in total. The van der Waals surface area contributed by atoms with Crippen molar-refractivity contribution in [1.29, 1.82) is 0 Å². The van der Waals surface area contributed by atoms with E-state index in [0.717, 1.165) is 6.07 Å². The normalized spacial score (nSPS) is 11.2. The number of hydrogen-bond acceptors (Lipinski definition) is 3. The van der Waals surface area contributed by atoms with Crippen LogP contribution in [0, 0.1) is 0 Å². The van der Waals surface area contributed by atoms with E-state index in [4.69, 9.17) is 5.11 Å². The quantitative estimate of drug-likeness (QED) is 0.768. The second kappa shape index (κ2) is 7.49. The summed E-state index contributed by atoms with van der Waals surface area (Å²) in [6, 6.07) is 3.75. The molecule has 0 aliphatic carbocycles. The highest BCUT2D eigenvalue weighted by Crippen LogP contribution is 2.32. The highest BCUT2D eigenvalue weighted by molar-refractivity contribution is 9.10. The van der Waals surface area contributed by atoms with Crippen LogP contribution >= 0.6 is 15.9 Å². The third kappa shape index (κ3) is 6.25. The Morgan fingerprint density at radius 3 is 2.60 bits per heavy atom. The fourth-order valence-corrected chi connectivity index (χ4v) is 1.87. The maximum absolute atomic E-state index is 12.1. The Hall–Kier alpha value is -1.28. The van der Waals surface area contributed by atoms with Crippen LogP contribution in [-0.2, 0) is 4.79 Å². The van der Waals surface area contributed by atoms with Crippen molar-refractivity contribution in [3.63, 3.8) is 0 Å². The Bertz CT molecular complexity index is 466. The van der Waals surface area contributed by atoms with Gasteiger partial charge < -0.3 is 15.2 Å². The zero-order valence-electron chi connectivity index (χ0n) is 10.3. The van der Waals surface area contributed by atoms with E-state index in [0.29, 0.717) is 18.5 Å². The molecule has 0 heterocycles. The molecule has 1 amide bonds. The van der Waals surface area contributed by atoms with Gasteiger partial charge in [0.05, 0.1) is 4.47 Å². The van der Waals surface area contributed by atoms with Gasteiger partial charge in [-0.1, -0.05) is 0 Å². The number of benzene rings is 1. The maximum Gasteiger partial charge on any atom is 0.573 e. The molecule has 112 valence electrons. The minimum absolute atomic E-state index is 0.0162. The first-order valence-electron chi connectivity index (χ1n) is 5.78. The van der Waals surface area contributed by atoms with Crippen LogP contribution in [0.3, 0.4) is 0 Å². The van der Waals surface area contributed by atoms with E-state index in [1.54, 1.807) is 0 Å². The van der Waals surface area contributed by atoms with Crippen molar-refractivity contribution >= 4 is 27.5 Å². The Balaban J connectivity index is 2.61. The molecule has 0 aliphatic rings. The number of halogens is 4. The van der Waals surface area contributed by atoms with Crippen LogP contribution in [0.15, 0.2) is 22.7 Å². The lowest BCUT2D eigenvalue weighted by atomic mass is 10.2. The van der Waals surface area contributed by atoms with Gasteiger partial charge in [0.2, 0.25) is 5.91 Å².